The first-order valence-electron chi connectivity index (χ1n) is 7.20. The average Bonchev–Trinajstić information content (AvgIpc) is 2.93. The fourth-order valence-corrected chi connectivity index (χ4v) is 2.31. The minimum atomic E-state index is 0.541. The first kappa shape index (κ1) is 15.3. The van der Waals surface area contributed by atoms with Crippen LogP contribution < -0.4 is 10.6 Å². The van der Waals surface area contributed by atoms with E-state index in [2.05, 4.69) is 32.3 Å². The van der Waals surface area contributed by atoms with Crippen molar-refractivity contribution in [2.24, 2.45) is 7.05 Å². The number of halogens is 1. The van der Waals surface area contributed by atoms with E-state index in [1.54, 1.807) is 17.0 Å². The molecule has 2 aromatic heterocycles. The van der Waals surface area contributed by atoms with E-state index in [9.17, 15) is 0 Å². The Morgan fingerprint density at radius 1 is 1.22 bits per heavy atom. The first-order valence-corrected chi connectivity index (χ1v) is 7.58. The van der Waals surface area contributed by atoms with Gasteiger partial charge in [0, 0.05) is 25.2 Å². The fourth-order valence-electron chi connectivity index (χ4n) is 2.19. The lowest BCUT2D eigenvalue weighted by Gasteiger charge is -2.09. The Bertz CT molecular complexity index is 824. The molecule has 0 saturated heterocycles. The summed E-state index contributed by atoms with van der Waals surface area (Å²) in [6.45, 7) is 4.92. The van der Waals surface area contributed by atoms with Crippen molar-refractivity contribution in [2.45, 2.75) is 6.54 Å². The van der Waals surface area contributed by atoms with Gasteiger partial charge in [0.25, 0.3) is 0 Å². The highest BCUT2D eigenvalue weighted by molar-refractivity contribution is 6.30. The van der Waals surface area contributed by atoms with Crippen LogP contribution in [0.25, 0.3) is 11.0 Å². The molecule has 0 spiro atoms. The Morgan fingerprint density at radius 2 is 2.00 bits per heavy atom. The molecule has 0 atom stereocenters. The van der Waals surface area contributed by atoms with Gasteiger partial charge in [-0.25, -0.2) is 0 Å². The molecule has 0 aliphatic carbocycles. The third-order valence-electron chi connectivity index (χ3n) is 3.37. The smallest absolute Gasteiger partial charge is 0.226 e. The van der Waals surface area contributed by atoms with Gasteiger partial charge in [-0.05, 0) is 17.7 Å². The van der Waals surface area contributed by atoms with Gasteiger partial charge in [-0.1, -0.05) is 29.8 Å². The lowest BCUT2D eigenvalue weighted by molar-refractivity contribution is 0.785. The van der Waals surface area contributed by atoms with E-state index in [0.717, 1.165) is 27.4 Å². The van der Waals surface area contributed by atoms with Crippen LogP contribution in [0.5, 0.6) is 0 Å². The average molecular weight is 329 g/mol. The summed E-state index contributed by atoms with van der Waals surface area (Å²) in [6.07, 6.45) is 3.52. The third-order valence-corrected chi connectivity index (χ3v) is 3.62. The highest BCUT2D eigenvalue weighted by Gasteiger charge is 2.11. The van der Waals surface area contributed by atoms with Gasteiger partial charge in [0.15, 0.2) is 5.65 Å². The number of fused-ring (bicyclic) bond motifs is 1. The molecule has 1 aromatic carbocycles. The molecular weight excluding hydrogens is 312 g/mol. The second-order valence-electron chi connectivity index (χ2n) is 5.05. The monoisotopic (exact) mass is 328 g/mol. The summed E-state index contributed by atoms with van der Waals surface area (Å²) in [6, 6.07) is 7.70. The number of rotatable bonds is 6. The van der Waals surface area contributed by atoms with Crippen molar-refractivity contribution in [1.29, 1.82) is 0 Å². The van der Waals surface area contributed by atoms with Gasteiger partial charge >= 0.3 is 0 Å². The molecule has 3 rings (SSSR count). The Hall–Kier alpha value is -2.60. The van der Waals surface area contributed by atoms with Crippen LogP contribution in [0.4, 0.5) is 11.8 Å². The Balaban J connectivity index is 1.88. The Kier molecular flexibility index (Phi) is 4.43. The summed E-state index contributed by atoms with van der Waals surface area (Å²) >= 11 is 5.91. The molecule has 0 aliphatic rings. The van der Waals surface area contributed by atoms with E-state index in [0.29, 0.717) is 19.0 Å². The summed E-state index contributed by atoms with van der Waals surface area (Å²) in [5, 5.41) is 12.3. The van der Waals surface area contributed by atoms with Crippen LogP contribution in [0.1, 0.15) is 5.56 Å². The van der Waals surface area contributed by atoms with Gasteiger partial charge < -0.3 is 10.6 Å². The van der Waals surface area contributed by atoms with E-state index in [1.807, 2.05) is 31.3 Å². The van der Waals surface area contributed by atoms with Crippen LogP contribution in [0.15, 0.2) is 43.1 Å². The van der Waals surface area contributed by atoms with E-state index in [4.69, 9.17) is 11.6 Å². The number of benzene rings is 1. The molecule has 0 aliphatic heterocycles. The summed E-state index contributed by atoms with van der Waals surface area (Å²) in [5.41, 5.74) is 1.89. The van der Waals surface area contributed by atoms with E-state index >= 15 is 0 Å². The molecule has 118 valence electrons. The normalized spacial score (nSPS) is 10.7. The standard InChI is InChI=1S/C16H17ClN6/c1-3-8-18-16-21-14(13-10-20-23(2)15(13)22-16)19-9-11-4-6-12(17)7-5-11/h3-7,10H,1,8-9H2,2H3,(H2,18,19,21,22). The van der Waals surface area contributed by atoms with Gasteiger partial charge in [0.1, 0.15) is 5.82 Å². The van der Waals surface area contributed by atoms with Crippen LogP contribution in [0, 0.1) is 0 Å². The molecule has 2 N–H and O–H groups in total. The highest BCUT2D eigenvalue weighted by atomic mass is 35.5. The molecule has 2 heterocycles. The van der Waals surface area contributed by atoms with E-state index in [-0.39, 0.29) is 0 Å². The number of anilines is 2. The van der Waals surface area contributed by atoms with Gasteiger partial charge in [-0.15, -0.1) is 6.58 Å². The van der Waals surface area contributed by atoms with Gasteiger partial charge in [-0.2, -0.15) is 15.1 Å². The lowest BCUT2D eigenvalue weighted by Crippen LogP contribution is -2.08. The number of nitrogens with one attached hydrogen (secondary N) is 2. The van der Waals surface area contributed by atoms with Gasteiger partial charge in [0.05, 0.1) is 11.6 Å². The van der Waals surface area contributed by atoms with Crippen LogP contribution in [0.3, 0.4) is 0 Å². The summed E-state index contributed by atoms with van der Waals surface area (Å²) in [7, 11) is 1.86. The van der Waals surface area contributed by atoms with Crippen molar-refractivity contribution >= 4 is 34.4 Å². The number of hydrogen-bond acceptors (Lipinski definition) is 5. The zero-order chi connectivity index (χ0) is 16.2. The van der Waals surface area contributed by atoms with Crippen molar-refractivity contribution < 1.29 is 0 Å². The largest absolute Gasteiger partial charge is 0.365 e. The maximum absolute atomic E-state index is 5.91. The van der Waals surface area contributed by atoms with Crippen LogP contribution in [-0.4, -0.2) is 26.3 Å². The number of aryl methyl sites for hydroxylation is 1. The van der Waals surface area contributed by atoms with Crippen molar-refractivity contribution in [3.05, 3.63) is 53.7 Å². The molecular formula is C16H17ClN6. The predicted molar refractivity (Wildman–Crippen MR) is 93.8 cm³/mol. The lowest BCUT2D eigenvalue weighted by atomic mass is 10.2. The van der Waals surface area contributed by atoms with Gasteiger partial charge in [-0.3, -0.25) is 4.68 Å². The zero-order valence-corrected chi connectivity index (χ0v) is 13.5. The zero-order valence-electron chi connectivity index (χ0n) is 12.8. The molecule has 0 unspecified atom stereocenters. The second kappa shape index (κ2) is 6.66. The molecule has 7 heteroatoms. The van der Waals surface area contributed by atoms with Crippen LogP contribution >= 0.6 is 11.6 Å². The van der Waals surface area contributed by atoms with Crippen molar-refractivity contribution in [1.82, 2.24) is 19.7 Å². The highest BCUT2D eigenvalue weighted by Crippen LogP contribution is 2.22. The Labute approximate surface area is 139 Å². The summed E-state index contributed by atoms with van der Waals surface area (Å²) in [5.74, 6) is 1.28. The minimum absolute atomic E-state index is 0.541. The molecule has 0 radical (unpaired) electrons. The fraction of sp³-hybridized carbons (Fsp3) is 0.188. The molecule has 23 heavy (non-hydrogen) atoms. The molecule has 0 saturated carbocycles. The molecule has 6 nitrogen and oxygen atoms in total. The van der Waals surface area contributed by atoms with E-state index in [1.165, 1.54) is 0 Å². The third kappa shape index (κ3) is 3.43. The SMILES string of the molecule is C=CCNc1nc(NCc2ccc(Cl)cc2)c2cnn(C)c2n1. The number of aromatic nitrogens is 4. The maximum Gasteiger partial charge on any atom is 0.226 e. The van der Waals surface area contributed by atoms with E-state index < -0.39 is 0 Å². The first-order chi connectivity index (χ1) is 11.2. The molecule has 0 fully saturated rings. The summed E-state index contributed by atoms with van der Waals surface area (Å²) in [4.78, 5) is 9.00. The van der Waals surface area contributed by atoms with Crippen LogP contribution in [0.2, 0.25) is 5.02 Å². The quantitative estimate of drug-likeness (QED) is 0.680. The molecule has 0 bridgehead atoms. The molecule has 3 aromatic rings. The maximum atomic E-state index is 5.91. The Morgan fingerprint density at radius 3 is 2.74 bits per heavy atom. The van der Waals surface area contributed by atoms with Crippen LogP contribution in [-0.2, 0) is 13.6 Å². The number of nitrogens with zero attached hydrogens (tertiary/aromatic N) is 4. The summed E-state index contributed by atoms with van der Waals surface area (Å²) < 4.78 is 1.73. The minimum Gasteiger partial charge on any atom is -0.365 e. The second-order valence-corrected chi connectivity index (χ2v) is 5.49. The van der Waals surface area contributed by atoms with Crippen molar-refractivity contribution in [2.75, 3.05) is 17.2 Å². The van der Waals surface area contributed by atoms with Crippen molar-refractivity contribution in [3.63, 3.8) is 0 Å². The topological polar surface area (TPSA) is 67.7 Å². The van der Waals surface area contributed by atoms with Crippen molar-refractivity contribution in [3.8, 4) is 0 Å². The molecule has 0 amide bonds. The predicted octanol–water partition coefficient (Wildman–Crippen LogP) is 3.23. The van der Waals surface area contributed by atoms with Gasteiger partial charge in [0.2, 0.25) is 5.95 Å². The number of hydrogen-bond donors (Lipinski definition) is 2.